The van der Waals surface area contributed by atoms with Crippen molar-refractivity contribution in [2.24, 2.45) is 0 Å². The van der Waals surface area contributed by atoms with Crippen LogP contribution in [0.3, 0.4) is 0 Å². The molecular weight excluding hydrogens is 220 g/mol. The van der Waals surface area contributed by atoms with Gasteiger partial charge in [0.25, 0.3) is 0 Å². The van der Waals surface area contributed by atoms with E-state index < -0.39 is 0 Å². The first-order chi connectivity index (χ1) is 7.79. The molecule has 1 aromatic heterocycles. The van der Waals surface area contributed by atoms with Crippen molar-refractivity contribution in [2.75, 3.05) is 17.3 Å². The van der Waals surface area contributed by atoms with Gasteiger partial charge in [0.15, 0.2) is 11.6 Å². The number of hydrogen-bond donors (Lipinski definition) is 2. The second kappa shape index (κ2) is 4.85. The van der Waals surface area contributed by atoms with Gasteiger partial charge in [-0.25, -0.2) is 9.97 Å². The van der Waals surface area contributed by atoms with E-state index in [1.54, 1.807) is 24.2 Å². The molecule has 2 aromatic rings. The first-order valence-electron chi connectivity index (χ1n) is 4.77. The van der Waals surface area contributed by atoms with Crippen LogP contribution < -0.4 is 11.1 Å². The van der Waals surface area contributed by atoms with Crippen molar-refractivity contribution < 1.29 is 0 Å². The Morgan fingerprint density at radius 1 is 1.12 bits per heavy atom. The van der Waals surface area contributed by atoms with E-state index in [2.05, 4.69) is 15.3 Å². The molecule has 3 N–H and O–H groups in total. The Labute approximate surface area is 98.3 Å². The smallest absolute Gasteiger partial charge is 0.173 e. The molecule has 0 aliphatic rings. The number of nitrogens with two attached hydrogens (primary N) is 1. The summed E-state index contributed by atoms with van der Waals surface area (Å²) < 4.78 is 0. The maximum absolute atomic E-state index is 5.68. The number of rotatable bonds is 3. The summed E-state index contributed by atoms with van der Waals surface area (Å²) in [5, 5.41) is 3.12. The zero-order valence-corrected chi connectivity index (χ0v) is 9.66. The number of nitrogen functional groups attached to an aromatic ring is 1. The monoisotopic (exact) mass is 232 g/mol. The van der Waals surface area contributed by atoms with Crippen LogP contribution in [0.4, 0.5) is 17.3 Å². The van der Waals surface area contributed by atoms with Crippen LogP contribution in [0.25, 0.3) is 0 Å². The highest BCUT2D eigenvalue weighted by Crippen LogP contribution is 2.21. The van der Waals surface area contributed by atoms with Crippen molar-refractivity contribution in [3.63, 3.8) is 0 Å². The third kappa shape index (κ3) is 2.43. The first-order valence-corrected chi connectivity index (χ1v) is 5.99. The summed E-state index contributed by atoms with van der Waals surface area (Å²) in [6.07, 6.45) is 5.22. The number of anilines is 3. The molecule has 1 aromatic carbocycles. The number of aromatic nitrogens is 2. The average Bonchev–Trinajstić information content (AvgIpc) is 2.33. The van der Waals surface area contributed by atoms with E-state index in [1.165, 1.54) is 4.90 Å². The minimum absolute atomic E-state index is 0.399. The minimum Gasteiger partial charge on any atom is -0.381 e. The van der Waals surface area contributed by atoms with Gasteiger partial charge in [0.05, 0.1) is 0 Å². The lowest BCUT2D eigenvalue weighted by molar-refractivity contribution is 1.21. The first kappa shape index (κ1) is 10.8. The van der Waals surface area contributed by atoms with Crippen LogP contribution in [-0.2, 0) is 0 Å². The summed E-state index contributed by atoms with van der Waals surface area (Å²) in [5.74, 6) is 0.982. The van der Waals surface area contributed by atoms with E-state index >= 15 is 0 Å². The third-order valence-corrected chi connectivity index (χ3v) is 2.82. The van der Waals surface area contributed by atoms with E-state index in [-0.39, 0.29) is 0 Å². The molecule has 16 heavy (non-hydrogen) atoms. The van der Waals surface area contributed by atoms with Crippen molar-refractivity contribution in [2.45, 2.75) is 4.90 Å². The summed E-state index contributed by atoms with van der Waals surface area (Å²) in [6, 6.07) is 8.05. The zero-order chi connectivity index (χ0) is 11.4. The lowest BCUT2D eigenvalue weighted by atomic mass is 10.3. The molecule has 82 valence electrons. The van der Waals surface area contributed by atoms with Crippen LogP contribution in [-0.4, -0.2) is 16.2 Å². The average molecular weight is 232 g/mol. The van der Waals surface area contributed by atoms with E-state index in [0.29, 0.717) is 11.6 Å². The molecule has 0 spiro atoms. The number of hydrogen-bond acceptors (Lipinski definition) is 5. The third-order valence-electron chi connectivity index (χ3n) is 2.08. The summed E-state index contributed by atoms with van der Waals surface area (Å²) in [6.45, 7) is 0. The molecule has 0 aliphatic carbocycles. The highest BCUT2D eigenvalue weighted by molar-refractivity contribution is 7.98. The van der Waals surface area contributed by atoms with Crippen molar-refractivity contribution in [1.82, 2.24) is 9.97 Å². The SMILES string of the molecule is CSc1ccc(Nc2nccnc2N)cc1. The standard InChI is InChI=1S/C11H12N4S/c1-16-9-4-2-8(3-5-9)15-11-10(12)13-6-7-14-11/h2-7H,1H3,(H2,12,13)(H,14,15). The van der Waals surface area contributed by atoms with Crippen LogP contribution in [0.15, 0.2) is 41.6 Å². The van der Waals surface area contributed by atoms with Crippen LogP contribution in [0.1, 0.15) is 0 Å². The second-order valence-electron chi connectivity index (χ2n) is 3.14. The molecule has 0 fully saturated rings. The van der Waals surface area contributed by atoms with Crippen LogP contribution >= 0.6 is 11.8 Å². The van der Waals surface area contributed by atoms with Gasteiger partial charge in [-0.15, -0.1) is 11.8 Å². The lowest BCUT2D eigenvalue weighted by Gasteiger charge is -2.07. The van der Waals surface area contributed by atoms with Gasteiger partial charge in [-0.3, -0.25) is 0 Å². The summed E-state index contributed by atoms with van der Waals surface area (Å²) in [4.78, 5) is 9.29. The molecule has 0 atom stereocenters. The largest absolute Gasteiger partial charge is 0.381 e. The minimum atomic E-state index is 0.399. The normalized spacial score (nSPS) is 10.1. The molecule has 4 nitrogen and oxygen atoms in total. The molecular formula is C11H12N4S. The molecule has 0 saturated heterocycles. The van der Waals surface area contributed by atoms with Gasteiger partial charge in [0.1, 0.15) is 0 Å². The van der Waals surface area contributed by atoms with Gasteiger partial charge in [-0.2, -0.15) is 0 Å². The van der Waals surface area contributed by atoms with Crippen molar-refractivity contribution in [3.05, 3.63) is 36.7 Å². The van der Waals surface area contributed by atoms with Gasteiger partial charge in [-0.1, -0.05) is 0 Å². The quantitative estimate of drug-likeness (QED) is 0.796. The molecule has 0 radical (unpaired) electrons. The highest BCUT2D eigenvalue weighted by atomic mass is 32.2. The molecule has 0 amide bonds. The van der Waals surface area contributed by atoms with E-state index in [1.807, 2.05) is 30.5 Å². The predicted molar refractivity (Wildman–Crippen MR) is 68.0 cm³/mol. The fourth-order valence-electron chi connectivity index (χ4n) is 1.26. The van der Waals surface area contributed by atoms with Crippen molar-refractivity contribution in [3.8, 4) is 0 Å². The van der Waals surface area contributed by atoms with E-state index in [4.69, 9.17) is 5.73 Å². The van der Waals surface area contributed by atoms with Crippen molar-refractivity contribution >= 4 is 29.1 Å². The predicted octanol–water partition coefficient (Wildman–Crippen LogP) is 2.52. The Balaban J connectivity index is 2.18. The Hall–Kier alpha value is -1.75. The van der Waals surface area contributed by atoms with Gasteiger partial charge < -0.3 is 11.1 Å². The van der Waals surface area contributed by atoms with Crippen molar-refractivity contribution in [1.29, 1.82) is 0 Å². The van der Waals surface area contributed by atoms with Crippen LogP contribution in [0, 0.1) is 0 Å². The van der Waals surface area contributed by atoms with E-state index in [0.717, 1.165) is 5.69 Å². The van der Waals surface area contributed by atoms with Gasteiger partial charge >= 0.3 is 0 Å². The van der Waals surface area contributed by atoms with E-state index in [9.17, 15) is 0 Å². The molecule has 2 rings (SSSR count). The van der Waals surface area contributed by atoms with Gasteiger partial charge in [0.2, 0.25) is 0 Å². The summed E-state index contributed by atoms with van der Waals surface area (Å²) >= 11 is 1.71. The molecule has 0 bridgehead atoms. The second-order valence-corrected chi connectivity index (χ2v) is 4.02. The number of benzene rings is 1. The topological polar surface area (TPSA) is 63.8 Å². The summed E-state index contributed by atoms with van der Waals surface area (Å²) in [7, 11) is 0. The van der Waals surface area contributed by atoms with Crippen LogP contribution in [0.5, 0.6) is 0 Å². The number of thioether (sulfide) groups is 1. The summed E-state index contributed by atoms with van der Waals surface area (Å²) in [5.41, 5.74) is 6.63. The number of nitrogens with one attached hydrogen (secondary N) is 1. The van der Waals surface area contributed by atoms with Gasteiger partial charge in [0, 0.05) is 23.0 Å². The molecule has 0 saturated carbocycles. The zero-order valence-electron chi connectivity index (χ0n) is 8.84. The molecule has 0 unspecified atom stereocenters. The Kier molecular flexibility index (Phi) is 3.26. The molecule has 5 heteroatoms. The fraction of sp³-hybridized carbons (Fsp3) is 0.0909. The maximum Gasteiger partial charge on any atom is 0.173 e. The molecule has 1 heterocycles. The van der Waals surface area contributed by atoms with Crippen LogP contribution in [0.2, 0.25) is 0 Å². The Morgan fingerprint density at radius 2 is 1.81 bits per heavy atom. The van der Waals surface area contributed by atoms with Gasteiger partial charge in [-0.05, 0) is 30.5 Å². The Morgan fingerprint density at radius 3 is 2.44 bits per heavy atom. The highest BCUT2D eigenvalue weighted by Gasteiger charge is 2.00. The number of nitrogens with zero attached hydrogens (tertiary/aromatic N) is 2. The maximum atomic E-state index is 5.68. The lowest BCUT2D eigenvalue weighted by Crippen LogP contribution is -2.00. The molecule has 0 aliphatic heterocycles. The fourth-order valence-corrected chi connectivity index (χ4v) is 1.66. The Bertz CT molecular complexity index is 470.